The monoisotopic (exact) mass is 226 g/mol. The van der Waals surface area contributed by atoms with Crippen molar-refractivity contribution in [3.05, 3.63) is 0 Å². The van der Waals surface area contributed by atoms with Crippen LogP contribution in [0.25, 0.3) is 0 Å². The molecular weight excluding hydrogens is 204 g/mol. The maximum Gasteiger partial charge on any atom is 0.233 e. The summed E-state index contributed by atoms with van der Waals surface area (Å²) in [5, 5.41) is 6.27. The maximum atomic E-state index is 11.6. The molecule has 4 heteroatoms. The van der Waals surface area contributed by atoms with Crippen LogP contribution in [0.1, 0.15) is 33.1 Å². The summed E-state index contributed by atoms with van der Waals surface area (Å²) in [6.07, 6.45) is 3.71. The molecule has 2 atom stereocenters. The zero-order valence-electron chi connectivity index (χ0n) is 10.2. The summed E-state index contributed by atoms with van der Waals surface area (Å²) < 4.78 is 5.51. The molecule has 1 amide bonds. The Bertz CT molecular complexity index is 266. The number of hydrogen-bond acceptors (Lipinski definition) is 3. The Morgan fingerprint density at radius 2 is 2.25 bits per heavy atom. The minimum absolute atomic E-state index is 0.0447. The van der Waals surface area contributed by atoms with Gasteiger partial charge < -0.3 is 15.4 Å². The van der Waals surface area contributed by atoms with Gasteiger partial charge in [-0.25, -0.2) is 0 Å². The number of rotatable bonds is 5. The summed E-state index contributed by atoms with van der Waals surface area (Å²) >= 11 is 0. The number of ether oxygens (including phenoxy) is 1. The molecule has 16 heavy (non-hydrogen) atoms. The van der Waals surface area contributed by atoms with Crippen LogP contribution in [0.15, 0.2) is 0 Å². The molecule has 0 aromatic carbocycles. The lowest BCUT2D eigenvalue weighted by Gasteiger charge is -2.28. The van der Waals surface area contributed by atoms with Crippen LogP contribution in [-0.2, 0) is 9.53 Å². The van der Waals surface area contributed by atoms with Gasteiger partial charge in [-0.1, -0.05) is 0 Å². The minimum Gasteiger partial charge on any atom is -0.377 e. The molecule has 2 rings (SSSR count). The van der Waals surface area contributed by atoms with E-state index in [1.54, 1.807) is 0 Å². The molecule has 92 valence electrons. The van der Waals surface area contributed by atoms with Gasteiger partial charge in [-0.15, -0.1) is 0 Å². The predicted molar refractivity (Wildman–Crippen MR) is 62.2 cm³/mol. The van der Waals surface area contributed by atoms with Crippen molar-refractivity contribution >= 4 is 5.91 Å². The first kappa shape index (κ1) is 11.9. The van der Waals surface area contributed by atoms with E-state index in [0.29, 0.717) is 6.54 Å². The van der Waals surface area contributed by atoms with Crippen LogP contribution in [0.3, 0.4) is 0 Å². The smallest absolute Gasteiger partial charge is 0.233 e. The van der Waals surface area contributed by atoms with Gasteiger partial charge in [0.1, 0.15) is 0 Å². The molecule has 1 aliphatic carbocycles. The van der Waals surface area contributed by atoms with Crippen LogP contribution in [0, 0.1) is 5.92 Å². The standard InChI is InChI=1S/C12H22N2O2/c1-9-12(2,5-6-16-9)14-8-11(15)13-7-10-3-4-10/h9-10,14H,3-8H2,1-2H3,(H,13,15). The number of carbonyl (C=O) groups excluding carboxylic acids is 1. The first-order chi connectivity index (χ1) is 7.60. The predicted octanol–water partition coefficient (Wildman–Crippen LogP) is 0.670. The van der Waals surface area contributed by atoms with Gasteiger partial charge in [0.15, 0.2) is 0 Å². The number of hydrogen-bond donors (Lipinski definition) is 2. The Labute approximate surface area is 97.1 Å². The van der Waals surface area contributed by atoms with E-state index in [0.717, 1.165) is 25.5 Å². The fourth-order valence-electron chi connectivity index (χ4n) is 1.99. The first-order valence-corrected chi connectivity index (χ1v) is 6.23. The van der Waals surface area contributed by atoms with Crippen molar-refractivity contribution in [3.8, 4) is 0 Å². The van der Waals surface area contributed by atoms with Crippen molar-refractivity contribution < 1.29 is 9.53 Å². The molecule has 1 aliphatic heterocycles. The summed E-state index contributed by atoms with van der Waals surface area (Å²) in [5.74, 6) is 0.848. The lowest BCUT2D eigenvalue weighted by atomic mass is 9.95. The van der Waals surface area contributed by atoms with Crippen LogP contribution in [0.5, 0.6) is 0 Å². The van der Waals surface area contributed by atoms with Gasteiger partial charge in [-0.3, -0.25) is 4.79 Å². The summed E-state index contributed by atoms with van der Waals surface area (Å²) in [4.78, 5) is 11.6. The van der Waals surface area contributed by atoms with Crippen molar-refractivity contribution in [3.63, 3.8) is 0 Å². The Balaban J connectivity index is 1.67. The maximum absolute atomic E-state index is 11.6. The molecule has 0 bridgehead atoms. The van der Waals surface area contributed by atoms with Crippen molar-refractivity contribution in [2.75, 3.05) is 19.7 Å². The van der Waals surface area contributed by atoms with Gasteiger partial charge in [0.25, 0.3) is 0 Å². The van der Waals surface area contributed by atoms with Crippen LogP contribution >= 0.6 is 0 Å². The summed E-state index contributed by atoms with van der Waals surface area (Å²) in [5.41, 5.74) is -0.0447. The van der Waals surface area contributed by atoms with Crippen LogP contribution < -0.4 is 10.6 Å². The highest BCUT2D eigenvalue weighted by Gasteiger charge is 2.36. The SMILES string of the molecule is CC1OCCC1(C)NCC(=O)NCC1CC1. The van der Waals surface area contributed by atoms with Crippen LogP contribution in [0.4, 0.5) is 0 Å². The number of amides is 1. The van der Waals surface area contributed by atoms with Crippen molar-refractivity contribution in [1.82, 2.24) is 10.6 Å². The highest BCUT2D eigenvalue weighted by atomic mass is 16.5. The molecule has 1 heterocycles. The van der Waals surface area contributed by atoms with Crippen molar-refractivity contribution in [2.45, 2.75) is 44.8 Å². The molecule has 4 nitrogen and oxygen atoms in total. The summed E-state index contributed by atoms with van der Waals surface area (Å²) in [6.45, 7) is 6.22. The molecule has 0 radical (unpaired) electrons. The van der Waals surface area contributed by atoms with Gasteiger partial charge in [0.05, 0.1) is 12.6 Å². The van der Waals surface area contributed by atoms with E-state index in [4.69, 9.17) is 4.74 Å². The highest BCUT2D eigenvalue weighted by Crippen LogP contribution is 2.27. The van der Waals surface area contributed by atoms with Gasteiger partial charge in [0.2, 0.25) is 5.91 Å². The van der Waals surface area contributed by atoms with E-state index in [2.05, 4.69) is 24.5 Å². The van der Waals surface area contributed by atoms with Crippen molar-refractivity contribution in [2.24, 2.45) is 5.92 Å². The molecule has 2 unspecified atom stereocenters. The van der Waals surface area contributed by atoms with Crippen LogP contribution in [-0.4, -0.2) is 37.2 Å². The normalized spacial score (nSPS) is 34.0. The third-order valence-corrected chi connectivity index (χ3v) is 3.82. The molecule has 1 saturated carbocycles. The summed E-state index contributed by atoms with van der Waals surface area (Å²) in [7, 11) is 0. The second kappa shape index (κ2) is 4.72. The first-order valence-electron chi connectivity index (χ1n) is 6.23. The molecule has 0 spiro atoms. The lowest BCUT2D eigenvalue weighted by molar-refractivity contribution is -0.120. The zero-order chi connectivity index (χ0) is 11.6. The Kier molecular flexibility index (Phi) is 3.50. The fraction of sp³-hybridized carbons (Fsp3) is 0.917. The summed E-state index contributed by atoms with van der Waals surface area (Å²) in [6, 6.07) is 0. The van der Waals surface area contributed by atoms with Gasteiger partial charge in [-0.05, 0) is 39.0 Å². The van der Waals surface area contributed by atoms with E-state index in [1.807, 2.05) is 0 Å². The van der Waals surface area contributed by atoms with Gasteiger partial charge >= 0.3 is 0 Å². The molecular formula is C12H22N2O2. The van der Waals surface area contributed by atoms with E-state index in [1.165, 1.54) is 12.8 Å². The topological polar surface area (TPSA) is 50.4 Å². The fourth-order valence-corrected chi connectivity index (χ4v) is 1.99. The highest BCUT2D eigenvalue weighted by molar-refractivity contribution is 5.78. The Morgan fingerprint density at radius 3 is 2.81 bits per heavy atom. The van der Waals surface area contributed by atoms with E-state index < -0.39 is 0 Å². The zero-order valence-corrected chi connectivity index (χ0v) is 10.2. The largest absolute Gasteiger partial charge is 0.377 e. The van der Waals surface area contributed by atoms with Gasteiger partial charge in [0, 0.05) is 18.7 Å². The lowest BCUT2D eigenvalue weighted by Crippen LogP contribution is -2.51. The van der Waals surface area contributed by atoms with Gasteiger partial charge in [-0.2, -0.15) is 0 Å². The number of carbonyl (C=O) groups is 1. The minimum atomic E-state index is -0.0447. The molecule has 0 aromatic heterocycles. The molecule has 2 N–H and O–H groups in total. The molecule has 2 fully saturated rings. The third kappa shape index (κ3) is 2.95. The van der Waals surface area contributed by atoms with E-state index >= 15 is 0 Å². The van der Waals surface area contributed by atoms with E-state index in [9.17, 15) is 4.79 Å². The molecule has 2 aliphatic rings. The Hall–Kier alpha value is -0.610. The average Bonchev–Trinajstić information content (AvgIpc) is 3.02. The van der Waals surface area contributed by atoms with Crippen LogP contribution in [0.2, 0.25) is 0 Å². The third-order valence-electron chi connectivity index (χ3n) is 3.82. The van der Waals surface area contributed by atoms with Crippen molar-refractivity contribution in [1.29, 1.82) is 0 Å². The quantitative estimate of drug-likeness (QED) is 0.724. The average molecular weight is 226 g/mol. The molecule has 0 aromatic rings. The Morgan fingerprint density at radius 1 is 1.50 bits per heavy atom. The molecule has 1 saturated heterocycles. The second-order valence-electron chi connectivity index (χ2n) is 5.28. The number of nitrogens with one attached hydrogen (secondary N) is 2. The van der Waals surface area contributed by atoms with E-state index in [-0.39, 0.29) is 17.6 Å². The second-order valence-corrected chi connectivity index (χ2v) is 5.28.